The summed E-state index contributed by atoms with van der Waals surface area (Å²) in [6.45, 7) is 4.17. The second-order valence-corrected chi connectivity index (χ2v) is 5.49. The molecule has 112 valence electrons. The maximum absolute atomic E-state index is 12.4. The number of nitrogens with one attached hydrogen (secondary N) is 1. The van der Waals surface area contributed by atoms with E-state index >= 15 is 0 Å². The van der Waals surface area contributed by atoms with Crippen LogP contribution in [0.5, 0.6) is 0 Å². The zero-order chi connectivity index (χ0) is 15.6. The third-order valence-corrected chi connectivity index (χ3v) is 4.25. The van der Waals surface area contributed by atoms with Gasteiger partial charge in [0.1, 0.15) is 9.71 Å². The molecule has 1 amide bonds. The fourth-order valence-corrected chi connectivity index (χ4v) is 3.01. The van der Waals surface area contributed by atoms with Crippen LogP contribution in [0.2, 0.25) is 0 Å². The minimum Gasteiger partial charge on any atom is -0.477 e. The van der Waals surface area contributed by atoms with Crippen molar-refractivity contribution in [2.45, 2.75) is 26.8 Å². The predicted molar refractivity (Wildman–Crippen MR) is 78.9 cm³/mol. The number of carboxylic acids is 1. The van der Waals surface area contributed by atoms with Gasteiger partial charge in [-0.25, -0.2) is 9.78 Å². The molecule has 2 rings (SSSR count). The number of hydrogen-bond donors (Lipinski definition) is 2. The first-order valence-corrected chi connectivity index (χ1v) is 7.25. The second kappa shape index (κ2) is 6.04. The lowest BCUT2D eigenvalue weighted by Crippen LogP contribution is -2.27. The Kier molecular flexibility index (Phi) is 4.37. The number of hydrogen-bond acceptors (Lipinski definition) is 5. The lowest BCUT2D eigenvalue weighted by molar-refractivity contribution is -0.121. The van der Waals surface area contributed by atoms with Crippen molar-refractivity contribution in [2.24, 2.45) is 0 Å². The van der Waals surface area contributed by atoms with Crippen molar-refractivity contribution in [3.8, 4) is 0 Å². The molecule has 0 radical (unpaired) electrons. The highest BCUT2D eigenvalue weighted by molar-refractivity contribution is 7.20. The first kappa shape index (κ1) is 15.2. The fraction of sp³-hybridized carbons (Fsp3) is 0.385. The summed E-state index contributed by atoms with van der Waals surface area (Å²) in [6, 6.07) is 0. The number of fused-ring (bicyclic) bond motifs is 1. The number of carbonyl (C=O) groups excluding carboxylic acids is 1. The van der Waals surface area contributed by atoms with E-state index in [1.807, 2.05) is 6.92 Å². The van der Waals surface area contributed by atoms with Gasteiger partial charge in [0.25, 0.3) is 5.56 Å². The molecule has 0 bridgehead atoms. The molecule has 2 aromatic heterocycles. The summed E-state index contributed by atoms with van der Waals surface area (Å²) in [6.07, 6.45) is 1.53. The van der Waals surface area contributed by atoms with Gasteiger partial charge in [-0.1, -0.05) is 0 Å². The van der Waals surface area contributed by atoms with E-state index in [2.05, 4.69) is 10.3 Å². The monoisotopic (exact) mass is 309 g/mol. The number of aromatic nitrogens is 2. The average Bonchev–Trinajstić information content (AvgIpc) is 2.76. The number of thiophene rings is 1. The fourth-order valence-electron chi connectivity index (χ4n) is 2.03. The Balaban J connectivity index is 2.38. The highest BCUT2D eigenvalue weighted by Crippen LogP contribution is 2.26. The summed E-state index contributed by atoms with van der Waals surface area (Å²) in [5.74, 6) is -1.21. The van der Waals surface area contributed by atoms with Crippen LogP contribution in [0, 0.1) is 6.92 Å². The van der Waals surface area contributed by atoms with Gasteiger partial charge in [-0.3, -0.25) is 14.2 Å². The van der Waals surface area contributed by atoms with Gasteiger partial charge in [-0.05, 0) is 19.4 Å². The van der Waals surface area contributed by atoms with Crippen LogP contribution in [-0.4, -0.2) is 33.1 Å². The Labute approximate surface area is 124 Å². The Morgan fingerprint density at radius 3 is 2.81 bits per heavy atom. The molecule has 7 nitrogen and oxygen atoms in total. The van der Waals surface area contributed by atoms with Gasteiger partial charge in [0, 0.05) is 19.5 Å². The molecule has 0 atom stereocenters. The number of carbonyl (C=O) groups is 2. The molecule has 0 aliphatic heterocycles. The van der Waals surface area contributed by atoms with Crippen LogP contribution in [0.1, 0.15) is 28.6 Å². The van der Waals surface area contributed by atoms with Gasteiger partial charge in [0.2, 0.25) is 5.91 Å². The molecule has 2 N–H and O–H groups in total. The summed E-state index contributed by atoms with van der Waals surface area (Å²) in [5, 5.41) is 12.1. The van der Waals surface area contributed by atoms with Gasteiger partial charge < -0.3 is 10.4 Å². The van der Waals surface area contributed by atoms with Gasteiger partial charge in [-0.15, -0.1) is 11.3 Å². The Hall–Kier alpha value is -2.22. The third-order valence-electron chi connectivity index (χ3n) is 3.07. The molecule has 0 fully saturated rings. The van der Waals surface area contributed by atoms with Crippen molar-refractivity contribution in [3.05, 3.63) is 27.1 Å². The van der Waals surface area contributed by atoms with Crippen molar-refractivity contribution in [2.75, 3.05) is 6.54 Å². The number of amides is 1. The van der Waals surface area contributed by atoms with Crippen molar-refractivity contribution in [1.29, 1.82) is 0 Å². The van der Waals surface area contributed by atoms with Crippen LogP contribution in [-0.2, 0) is 11.3 Å². The van der Waals surface area contributed by atoms with Crippen LogP contribution in [0.3, 0.4) is 0 Å². The molecular weight excluding hydrogens is 294 g/mol. The standard InChI is InChI=1S/C13H15N3O4S/c1-3-14-8(17)4-5-16-6-15-11-9(12(16)18)7(2)10(21-11)13(19)20/h6H,3-5H2,1-2H3,(H,14,17)(H,19,20). The molecule has 21 heavy (non-hydrogen) atoms. The Morgan fingerprint density at radius 1 is 1.48 bits per heavy atom. The number of carboxylic acid groups (broad SMARTS) is 1. The minimum atomic E-state index is -1.07. The second-order valence-electron chi connectivity index (χ2n) is 4.49. The van der Waals surface area contributed by atoms with Crippen molar-refractivity contribution in [3.63, 3.8) is 0 Å². The van der Waals surface area contributed by atoms with Crippen LogP contribution >= 0.6 is 11.3 Å². The van der Waals surface area contributed by atoms with Gasteiger partial charge >= 0.3 is 5.97 Å². The lowest BCUT2D eigenvalue weighted by atomic mass is 10.2. The maximum Gasteiger partial charge on any atom is 0.346 e. The quantitative estimate of drug-likeness (QED) is 0.857. The molecule has 8 heteroatoms. The zero-order valence-corrected chi connectivity index (χ0v) is 12.5. The first-order chi connectivity index (χ1) is 9.95. The van der Waals surface area contributed by atoms with E-state index < -0.39 is 5.97 Å². The third kappa shape index (κ3) is 2.94. The smallest absolute Gasteiger partial charge is 0.346 e. The van der Waals surface area contributed by atoms with E-state index in [0.29, 0.717) is 22.3 Å². The van der Waals surface area contributed by atoms with E-state index in [0.717, 1.165) is 11.3 Å². The highest BCUT2D eigenvalue weighted by atomic mass is 32.1. The molecule has 0 aliphatic carbocycles. The molecule has 0 saturated carbocycles. The highest BCUT2D eigenvalue weighted by Gasteiger charge is 2.18. The van der Waals surface area contributed by atoms with Crippen LogP contribution in [0.4, 0.5) is 0 Å². The summed E-state index contributed by atoms with van der Waals surface area (Å²) in [5.41, 5.74) is 0.109. The van der Waals surface area contributed by atoms with Crippen LogP contribution in [0.25, 0.3) is 10.2 Å². The zero-order valence-electron chi connectivity index (χ0n) is 11.7. The van der Waals surface area contributed by atoms with Crippen molar-refractivity contribution in [1.82, 2.24) is 14.9 Å². The van der Waals surface area contributed by atoms with Crippen LogP contribution in [0.15, 0.2) is 11.1 Å². The molecule has 0 unspecified atom stereocenters. The molecule has 0 saturated heterocycles. The molecule has 2 heterocycles. The summed E-state index contributed by atoms with van der Waals surface area (Å²) < 4.78 is 1.34. The molecular formula is C13H15N3O4S. The molecule has 2 aromatic rings. The Bertz CT molecular complexity index is 763. The Morgan fingerprint density at radius 2 is 2.19 bits per heavy atom. The number of nitrogens with zero attached hydrogens (tertiary/aromatic N) is 2. The topological polar surface area (TPSA) is 101 Å². The predicted octanol–water partition coefficient (Wildman–Crippen LogP) is 0.991. The lowest BCUT2D eigenvalue weighted by Gasteiger charge is -2.05. The number of rotatable bonds is 5. The van der Waals surface area contributed by atoms with Gasteiger partial charge in [0.15, 0.2) is 0 Å². The first-order valence-electron chi connectivity index (χ1n) is 6.44. The molecule has 0 aromatic carbocycles. The molecule has 0 aliphatic rings. The number of aryl methyl sites for hydroxylation is 2. The van der Waals surface area contributed by atoms with E-state index in [1.165, 1.54) is 10.9 Å². The minimum absolute atomic E-state index is 0.121. The average molecular weight is 309 g/mol. The SMILES string of the molecule is CCNC(=O)CCn1cnc2sc(C(=O)O)c(C)c2c1=O. The van der Waals surface area contributed by atoms with Crippen molar-refractivity contribution < 1.29 is 14.7 Å². The van der Waals surface area contributed by atoms with Gasteiger partial charge in [-0.2, -0.15) is 0 Å². The van der Waals surface area contributed by atoms with E-state index in [1.54, 1.807) is 6.92 Å². The molecule has 0 spiro atoms. The summed E-state index contributed by atoms with van der Waals surface area (Å²) in [4.78, 5) is 39.5. The van der Waals surface area contributed by atoms with E-state index in [-0.39, 0.29) is 29.3 Å². The maximum atomic E-state index is 12.4. The van der Waals surface area contributed by atoms with Crippen molar-refractivity contribution >= 4 is 33.4 Å². The van der Waals surface area contributed by atoms with Gasteiger partial charge in [0.05, 0.1) is 11.7 Å². The summed E-state index contributed by atoms with van der Waals surface area (Å²) in [7, 11) is 0. The largest absolute Gasteiger partial charge is 0.477 e. The normalized spacial score (nSPS) is 10.8. The van der Waals surface area contributed by atoms with Crippen LogP contribution < -0.4 is 10.9 Å². The number of aromatic carboxylic acids is 1. The van der Waals surface area contributed by atoms with E-state index in [9.17, 15) is 14.4 Å². The summed E-state index contributed by atoms with van der Waals surface area (Å²) >= 11 is 0.984. The van der Waals surface area contributed by atoms with E-state index in [4.69, 9.17) is 5.11 Å².